The number of rotatable bonds is 12. The summed E-state index contributed by atoms with van der Waals surface area (Å²) in [5, 5.41) is 18.1. The Morgan fingerprint density at radius 2 is 1.21 bits per heavy atom. The lowest BCUT2D eigenvalue weighted by Gasteiger charge is -2.10. The molecule has 0 radical (unpaired) electrons. The Morgan fingerprint density at radius 1 is 0.842 bits per heavy atom. The first-order valence-corrected chi connectivity index (χ1v) is 8.68. The topological polar surface area (TPSA) is 92.5 Å². The van der Waals surface area contributed by atoms with Crippen LogP contribution in [0.15, 0.2) is 24.7 Å². The number of hydrogen-bond donors (Lipinski definition) is 4. The quantitative estimate of drug-likeness (QED) is 0.327. The summed E-state index contributed by atoms with van der Waals surface area (Å²) in [6.45, 7) is 6.82. The molecule has 0 rings (SSSR count). The van der Waals surface area contributed by atoms with E-state index in [9.17, 15) is 0 Å². The Morgan fingerprint density at radius 3 is 1.53 bits per heavy atom. The van der Waals surface area contributed by atoms with Gasteiger partial charge in [0.05, 0.1) is 12.1 Å². The minimum Gasteiger partial charge on any atom is -0.511 e. The molecule has 2 atom stereocenters. The van der Waals surface area contributed by atoms with E-state index in [1.807, 2.05) is 0 Å². The molecule has 0 unspecified atom stereocenters. The average Bonchev–Trinajstić information content (AvgIpc) is 2.35. The normalized spacial score (nSPS) is 14.0. The summed E-state index contributed by atoms with van der Waals surface area (Å²) in [6, 6.07) is -0.623. The lowest BCUT2D eigenvalue weighted by atomic mass is 10.3. The fourth-order valence-electron chi connectivity index (χ4n) is 1.20. The van der Waals surface area contributed by atoms with Gasteiger partial charge in [-0.1, -0.05) is 19.6 Å². The molecule has 0 spiro atoms. The van der Waals surface area contributed by atoms with Gasteiger partial charge in [-0.25, -0.2) is 0 Å². The molecule has 0 aromatic carbocycles. The molecular formula is C13H26N2O2S2. The van der Waals surface area contributed by atoms with Gasteiger partial charge in [0.15, 0.2) is 0 Å². The zero-order valence-corrected chi connectivity index (χ0v) is 13.0. The molecule has 0 aromatic rings. The highest BCUT2D eigenvalue weighted by Crippen LogP contribution is 2.12. The molecule has 0 bridgehead atoms. The van der Waals surface area contributed by atoms with Crippen molar-refractivity contribution in [1.82, 2.24) is 0 Å². The van der Waals surface area contributed by atoms with Gasteiger partial charge in [0.1, 0.15) is 11.5 Å². The van der Waals surface area contributed by atoms with Gasteiger partial charge in [-0.3, -0.25) is 0 Å². The van der Waals surface area contributed by atoms with Gasteiger partial charge >= 0.3 is 0 Å². The van der Waals surface area contributed by atoms with Crippen LogP contribution < -0.4 is 11.5 Å². The van der Waals surface area contributed by atoms with Gasteiger partial charge in [-0.05, 0) is 24.3 Å². The summed E-state index contributed by atoms with van der Waals surface area (Å²) in [5.41, 5.74) is 11.3. The van der Waals surface area contributed by atoms with E-state index in [4.69, 9.17) is 21.7 Å². The van der Waals surface area contributed by atoms with Crippen LogP contribution in [-0.4, -0.2) is 45.3 Å². The van der Waals surface area contributed by atoms with Crippen LogP contribution in [0.2, 0.25) is 0 Å². The predicted octanol–water partition coefficient (Wildman–Crippen LogP) is 2.42. The van der Waals surface area contributed by atoms with Crippen molar-refractivity contribution in [3.63, 3.8) is 0 Å². The van der Waals surface area contributed by atoms with Crippen LogP contribution in [0.1, 0.15) is 19.3 Å². The lowest BCUT2D eigenvalue weighted by molar-refractivity contribution is 0.379. The molecule has 0 aliphatic heterocycles. The third-order valence-corrected chi connectivity index (χ3v) is 4.87. The van der Waals surface area contributed by atoms with Crippen LogP contribution in [0.3, 0.4) is 0 Å². The number of hydrogen-bond acceptors (Lipinski definition) is 6. The number of aliphatic hydroxyl groups excluding tert-OH is 2. The van der Waals surface area contributed by atoms with Gasteiger partial charge in [0.25, 0.3) is 0 Å². The summed E-state index contributed by atoms with van der Waals surface area (Å²) >= 11 is 3.49. The maximum Gasteiger partial charge on any atom is 0.103 e. The van der Waals surface area contributed by atoms with Crippen molar-refractivity contribution in [3.8, 4) is 0 Å². The van der Waals surface area contributed by atoms with Crippen LogP contribution in [0, 0.1) is 0 Å². The molecule has 0 aromatic heterocycles. The van der Waals surface area contributed by atoms with Crippen molar-refractivity contribution in [2.24, 2.45) is 11.5 Å². The van der Waals surface area contributed by atoms with Crippen molar-refractivity contribution < 1.29 is 10.2 Å². The smallest absolute Gasteiger partial charge is 0.103 e. The van der Waals surface area contributed by atoms with Crippen molar-refractivity contribution in [1.29, 1.82) is 0 Å². The number of nitrogens with two attached hydrogens (primary N) is 2. The Bertz CT molecular complexity index is 249. The first-order valence-electron chi connectivity index (χ1n) is 6.37. The van der Waals surface area contributed by atoms with E-state index < -0.39 is 0 Å². The molecule has 6 heteroatoms. The fourth-order valence-corrected chi connectivity index (χ4v) is 3.24. The minimum atomic E-state index is -0.311. The SMILES string of the molecule is C=C(O)[C@@H](N)CSCCCCCSC[C@H](N)C(=C)O. The highest BCUT2D eigenvalue weighted by molar-refractivity contribution is 7.99. The number of aliphatic hydroxyl groups is 2. The second-order valence-corrected chi connectivity index (χ2v) is 6.71. The molecule has 0 aliphatic rings. The summed E-state index contributed by atoms with van der Waals surface area (Å²) < 4.78 is 0. The van der Waals surface area contributed by atoms with Crippen LogP contribution >= 0.6 is 23.5 Å². The van der Waals surface area contributed by atoms with E-state index in [1.54, 1.807) is 23.5 Å². The molecule has 0 fully saturated rings. The molecule has 19 heavy (non-hydrogen) atoms. The molecule has 112 valence electrons. The van der Waals surface area contributed by atoms with E-state index in [-0.39, 0.29) is 23.6 Å². The largest absolute Gasteiger partial charge is 0.511 e. The second kappa shape index (κ2) is 11.5. The van der Waals surface area contributed by atoms with Gasteiger partial charge in [-0.2, -0.15) is 23.5 Å². The molecule has 6 N–H and O–H groups in total. The molecular weight excluding hydrogens is 280 g/mol. The minimum absolute atomic E-state index is 0.0608. The first-order chi connectivity index (χ1) is 8.95. The first kappa shape index (κ1) is 18.7. The Balaban J connectivity index is 3.24. The second-order valence-electron chi connectivity index (χ2n) is 4.41. The number of thioether (sulfide) groups is 2. The van der Waals surface area contributed by atoms with E-state index in [2.05, 4.69) is 13.2 Å². The van der Waals surface area contributed by atoms with Gasteiger partial charge in [0, 0.05) is 11.5 Å². The van der Waals surface area contributed by atoms with E-state index >= 15 is 0 Å². The molecule has 4 nitrogen and oxygen atoms in total. The van der Waals surface area contributed by atoms with Crippen molar-refractivity contribution in [3.05, 3.63) is 24.7 Å². The standard InChI is InChI=1S/C13H26N2O2S2/c1-10(16)12(14)8-18-6-4-3-5-7-19-9-13(15)11(2)17/h12-13,16-17H,1-9,14-15H2/t12-,13-/m0/s1. The molecule has 0 amide bonds. The van der Waals surface area contributed by atoms with Crippen LogP contribution in [0.4, 0.5) is 0 Å². The highest BCUT2D eigenvalue weighted by atomic mass is 32.2. The Labute approximate surface area is 124 Å². The lowest BCUT2D eigenvalue weighted by Crippen LogP contribution is -2.24. The molecule has 0 saturated heterocycles. The van der Waals surface area contributed by atoms with Gasteiger partial charge < -0.3 is 21.7 Å². The van der Waals surface area contributed by atoms with E-state index in [1.165, 1.54) is 6.42 Å². The predicted molar refractivity (Wildman–Crippen MR) is 88.0 cm³/mol. The zero-order chi connectivity index (χ0) is 14.7. The maximum atomic E-state index is 9.03. The third-order valence-electron chi connectivity index (χ3n) is 2.53. The zero-order valence-electron chi connectivity index (χ0n) is 11.4. The molecule has 0 saturated carbocycles. The molecule has 0 heterocycles. The summed E-state index contributed by atoms with van der Waals surface area (Å²) in [5.74, 6) is 3.67. The molecule has 0 aliphatic carbocycles. The van der Waals surface area contributed by atoms with Crippen molar-refractivity contribution in [2.75, 3.05) is 23.0 Å². The Kier molecular flexibility index (Phi) is 11.3. The maximum absolute atomic E-state index is 9.03. The summed E-state index contributed by atoms with van der Waals surface area (Å²) in [7, 11) is 0. The van der Waals surface area contributed by atoms with E-state index in [0.717, 1.165) is 35.9 Å². The van der Waals surface area contributed by atoms with Gasteiger partial charge in [-0.15, -0.1) is 0 Å². The summed E-state index contributed by atoms with van der Waals surface area (Å²) in [4.78, 5) is 0. The summed E-state index contributed by atoms with van der Waals surface area (Å²) in [6.07, 6.45) is 3.47. The van der Waals surface area contributed by atoms with Crippen LogP contribution in [0.25, 0.3) is 0 Å². The third kappa shape index (κ3) is 11.2. The van der Waals surface area contributed by atoms with Gasteiger partial charge in [0.2, 0.25) is 0 Å². The highest BCUT2D eigenvalue weighted by Gasteiger charge is 2.05. The van der Waals surface area contributed by atoms with Crippen molar-refractivity contribution >= 4 is 23.5 Å². The van der Waals surface area contributed by atoms with Crippen LogP contribution in [0.5, 0.6) is 0 Å². The fraction of sp³-hybridized carbons (Fsp3) is 0.692. The Hall–Kier alpha value is -0.300. The van der Waals surface area contributed by atoms with E-state index in [0.29, 0.717) is 0 Å². The van der Waals surface area contributed by atoms with Crippen LogP contribution in [-0.2, 0) is 0 Å². The number of unbranched alkanes of at least 4 members (excludes halogenated alkanes) is 2. The average molecular weight is 306 g/mol. The van der Waals surface area contributed by atoms with Crippen molar-refractivity contribution in [2.45, 2.75) is 31.3 Å². The monoisotopic (exact) mass is 306 g/mol.